The minimum atomic E-state index is -1.06. The minimum Gasteiger partial charge on any atom is -0.495 e. The van der Waals surface area contributed by atoms with Crippen molar-refractivity contribution in [3.63, 3.8) is 0 Å². The predicted molar refractivity (Wildman–Crippen MR) is 77.5 cm³/mol. The molecule has 0 unspecified atom stereocenters. The van der Waals surface area contributed by atoms with Crippen LogP contribution < -0.4 is 10.5 Å². The number of nitrogens with zero attached hydrogens (tertiary/aromatic N) is 1. The quantitative estimate of drug-likeness (QED) is 0.758. The molecule has 0 fully saturated rings. The van der Waals surface area contributed by atoms with Crippen LogP contribution in [0.5, 0.6) is 5.75 Å². The highest BCUT2D eigenvalue weighted by atomic mass is 32.1. The van der Waals surface area contributed by atoms with Gasteiger partial charge < -0.3 is 15.6 Å². The van der Waals surface area contributed by atoms with Gasteiger partial charge in [-0.1, -0.05) is 11.3 Å². The van der Waals surface area contributed by atoms with E-state index in [0.29, 0.717) is 10.0 Å². The smallest absolute Gasteiger partial charge is 0.339 e. The fraction of sp³-hybridized carbons (Fsp3) is 0.167. The van der Waals surface area contributed by atoms with Crippen LogP contribution in [-0.4, -0.2) is 23.2 Å². The van der Waals surface area contributed by atoms with Crippen molar-refractivity contribution in [3.8, 4) is 16.2 Å². The van der Waals surface area contributed by atoms with Crippen LogP contribution in [0.4, 0.5) is 5.13 Å². The van der Waals surface area contributed by atoms with Crippen LogP contribution in [-0.2, 0) is 0 Å². The van der Waals surface area contributed by atoms with Gasteiger partial charge in [0.05, 0.1) is 16.9 Å². The van der Waals surface area contributed by atoms with Crippen molar-refractivity contribution in [1.82, 2.24) is 4.98 Å². The number of thiazole rings is 1. The number of carbonyl (C=O) groups is 1. The Bertz CT molecular complexity index is 653. The molecule has 0 bridgehead atoms. The molecule has 0 amide bonds. The average Bonchev–Trinajstić information content (AvgIpc) is 2.78. The van der Waals surface area contributed by atoms with E-state index >= 15 is 0 Å². The molecule has 0 atom stereocenters. The van der Waals surface area contributed by atoms with Crippen LogP contribution in [0.3, 0.4) is 0 Å². The number of nitrogens with two attached hydrogens (primary N) is 1. The number of carboxylic acid groups (broad SMARTS) is 1. The Morgan fingerprint density at radius 2 is 2.26 bits per heavy atom. The van der Waals surface area contributed by atoms with Gasteiger partial charge in [0.25, 0.3) is 0 Å². The third-order valence-corrected chi connectivity index (χ3v) is 4.13. The lowest BCUT2D eigenvalue weighted by Gasteiger charge is -2.13. The van der Waals surface area contributed by atoms with Crippen LogP contribution in [0.1, 0.15) is 15.9 Å². The third kappa shape index (κ3) is 2.39. The fourth-order valence-electron chi connectivity index (χ4n) is 1.78. The maximum atomic E-state index is 11.3. The summed E-state index contributed by atoms with van der Waals surface area (Å²) in [6.07, 6.45) is 1.62. The van der Waals surface area contributed by atoms with Crippen LogP contribution >= 0.6 is 24.0 Å². The Hall–Kier alpha value is -1.73. The maximum absolute atomic E-state index is 11.3. The molecule has 1 aromatic heterocycles. The summed E-state index contributed by atoms with van der Waals surface area (Å²) in [4.78, 5) is 16.6. The topological polar surface area (TPSA) is 85.4 Å². The molecule has 0 aliphatic rings. The van der Waals surface area contributed by atoms with Crippen molar-refractivity contribution in [1.29, 1.82) is 0 Å². The molecule has 100 valence electrons. The average molecular weight is 296 g/mol. The standard InChI is InChI=1S/C12H12N2O3S2/c1-5-6(8-4-14-12(13)19-8)3-7(11(15)16)9(17-2)10(5)18/h3-4,18H,1-2H3,(H2,13,14)(H,15,16). The van der Waals surface area contributed by atoms with E-state index in [2.05, 4.69) is 17.6 Å². The molecular weight excluding hydrogens is 284 g/mol. The highest BCUT2D eigenvalue weighted by Crippen LogP contribution is 2.39. The first-order valence-electron chi connectivity index (χ1n) is 5.31. The first kappa shape index (κ1) is 13.7. The second kappa shape index (κ2) is 5.10. The van der Waals surface area contributed by atoms with E-state index in [9.17, 15) is 9.90 Å². The number of ether oxygens (including phenoxy) is 1. The zero-order chi connectivity index (χ0) is 14.2. The zero-order valence-electron chi connectivity index (χ0n) is 10.3. The lowest BCUT2D eigenvalue weighted by Crippen LogP contribution is -2.03. The summed E-state index contributed by atoms with van der Waals surface area (Å²) in [7, 11) is 1.42. The molecule has 0 spiro atoms. The van der Waals surface area contributed by atoms with Gasteiger partial charge in [0.1, 0.15) is 11.3 Å². The number of thiol groups is 1. The van der Waals surface area contributed by atoms with Gasteiger partial charge in [-0.05, 0) is 24.1 Å². The van der Waals surface area contributed by atoms with Crippen LogP contribution in [0.2, 0.25) is 0 Å². The molecule has 2 aromatic rings. The highest BCUT2D eigenvalue weighted by molar-refractivity contribution is 7.80. The number of anilines is 1. The molecule has 3 N–H and O–H groups in total. The van der Waals surface area contributed by atoms with E-state index in [-0.39, 0.29) is 11.3 Å². The van der Waals surface area contributed by atoms with Crippen LogP contribution in [0.15, 0.2) is 17.2 Å². The Balaban J connectivity index is 2.73. The summed E-state index contributed by atoms with van der Waals surface area (Å²) < 4.78 is 5.12. The molecule has 0 saturated heterocycles. The molecule has 1 heterocycles. The summed E-state index contributed by atoms with van der Waals surface area (Å²) in [5, 5.41) is 9.67. The lowest BCUT2D eigenvalue weighted by atomic mass is 10.0. The number of carboxylic acids is 1. The molecule has 0 saturated carbocycles. The predicted octanol–water partition coefficient (Wildman–Crippen LogP) is 2.70. The van der Waals surface area contributed by atoms with Gasteiger partial charge in [-0.2, -0.15) is 0 Å². The van der Waals surface area contributed by atoms with Crippen molar-refractivity contribution in [2.45, 2.75) is 11.8 Å². The summed E-state index contributed by atoms with van der Waals surface area (Å²) >= 11 is 5.64. The monoisotopic (exact) mass is 296 g/mol. The Morgan fingerprint density at radius 3 is 2.74 bits per heavy atom. The number of nitrogen functional groups attached to an aromatic ring is 1. The maximum Gasteiger partial charge on any atom is 0.339 e. The van der Waals surface area contributed by atoms with Crippen molar-refractivity contribution in [2.75, 3.05) is 12.8 Å². The number of aromatic nitrogens is 1. The van der Waals surface area contributed by atoms with E-state index in [1.54, 1.807) is 12.3 Å². The summed E-state index contributed by atoms with van der Waals surface area (Å²) in [6.45, 7) is 1.85. The third-order valence-electron chi connectivity index (χ3n) is 2.73. The van der Waals surface area contributed by atoms with Crippen molar-refractivity contribution >= 4 is 35.1 Å². The largest absolute Gasteiger partial charge is 0.495 e. The van der Waals surface area contributed by atoms with Gasteiger partial charge in [-0.3, -0.25) is 0 Å². The van der Waals surface area contributed by atoms with Crippen molar-refractivity contribution < 1.29 is 14.6 Å². The minimum absolute atomic E-state index is 0.0695. The highest BCUT2D eigenvalue weighted by Gasteiger charge is 2.20. The van der Waals surface area contributed by atoms with Gasteiger partial charge >= 0.3 is 5.97 Å². The normalized spacial score (nSPS) is 10.5. The van der Waals surface area contributed by atoms with Gasteiger partial charge in [0.15, 0.2) is 5.13 Å². The molecule has 19 heavy (non-hydrogen) atoms. The Morgan fingerprint density at radius 1 is 1.58 bits per heavy atom. The number of aromatic carboxylic acids is 1. The van der Waals surface area contributed by atoms with Crippen LogP contribution in [0, 0.1) is 6.92 Å². The number of hydrogen-bond donors (Lipinski definition) is 3. The SMILES string of the molecule is COc1c(C(=O)O)cc(-c2cnc(N)s2)c(C)c1S. The molecule has 2 rings (SSSR count). The first-order chi connectivity index (χ1) is 8.95. The lowest BCUT2D eigenvalue weighted by molar-refractivity contribution is 0.0693. The van der Waals surface area contributed by atoms with E-state index < -0.39 is 5.97 Å². The van der Waals surface area contributed by atoms with Gasteiger partial charge in [0.2, 0.25) is 0 Å². The Labute approximate surface area is 119 Å². The molecule has 0 aliphatic carbocycles. The summed E-state index contributed by atoms with van der Waals surface area (Å²) in [6, 6.07) is 1.56. The molecular formula is C12H12N2O3S2. The number of rotatable bonds is 3. The van der Waals surface area contributed by atoms with Crippen molar-refractivity contribution in [2.24, 2.45) is 0 Å². The number of benzene rings is 1. The van der Waals surface area contributed by atoms with Gasteiger partial charge in [-0.15, -0.1) is 12.6 Å². The molecule has 1 aromatic carbocycles. The van der Waals surface area contributed by atoms with E-state index in [1.807, 2.05) is 6.92 Å². The summed E-state index contributed by atoms with van der Waals surface area (Å²) in [5.41, 5.74) is 7.25. The van der Waals surface area contributed by atoms with E-state index in [1.165, 1.54) is 18.4 Å². The van der Waals surface area contributed by atoms with E-state index in [4.69, 9.17) is 10.5 Å². The number of methoxy groups -OCH3 is 1. The zero-order valence-corrected chi connectivity index (χ0v) is 12.0. The fourth-order valence-corrected chi connectivity index (χ4v) is 2.87. The molecule has 7 heteroatoms. The number of hydrogen-bond acceptors (Lipinski definition) is 6. The molecule has 0 radical (unpaired) electrons. The second-order valence-electron chi connectivity index (χ2n) is 3.85. The first-order valence-corrected chi connectivity index (χ1v) is 6.57. The second-order valence-corrected chi connectivity index (χ2v) is 5.36. The summed E-state index contributed by atoms with van der Waals surface area (Å²) in [5.74, 6) is -0.805. The molecule has 5 nitrogen and oxygen atoms in total. The van der Waals surface area contributed by atoms with Gasteiger partial charge in [-0.25, -0.2) is 9.78 Å². The van der Waals surface area contributed by atoms with Crippen LogP contribution in [0.25, 0.3) is 10.4 Å². The van der Waals surface area contributed by atoms with E-state index in [0.717, 1.165) is 16.0 Å². The van der Waals surface area contributed by atoms with Gasteiger partial charge in [0, 0.05) is 6.20 Å². The van der Waals surface area contributed by atoms with Crippen molar-refractivity contribution in [3.05, 3.63) is 23.4 Å². The Kier molecular flexibility index (Phi) is 3.68. The molecule has 0 aliphatic heterocycles.